The summed E-state index contributed by atoms with van der Waals surface area (Å²) in [6.45, 7) is 10.1. The second-order valence-electron chi connectivity index (χ2n) is 6.04. The minimum atomic E-state index is -0.291. The Labute approximate surface area is 138 Å². The quantitative estimate of drug-likeness (QED) is 0.763. The lowest BCUT2D eigenvalue weighted by molar-refractivity contribution is 0.0998. The number of anilines is 1. The molecule has 0 aliphatic heterocycles. The molecule has 0 aliphatic rings. The molecular formula is C17H19N3O2S. The predicted molar refractivity (Wildman–Crippen MR) is 92.4 cm³/mol. The van der Waals surface area contributed by atoms with Crippen molar-refractivity contribution in [2.75, 3.05) is 5.32 Å². The smallest absolute Gasteiger partial charge is 0.293 e. The Balaban J connectivity index is 1.92. The number of hydrogen-bond acceptors (Lipinski definition) is 5. The summed E-state index contributed by atoms with van der Waals surface area (Å²) in [5.74, 6) is 0.323. The summed E-state index contributed by atoms with van der Waals surface area (Å²) in [4.78, 5) is 12.5. The third-order valence-electron chi connectivity index (χ3n) is 3.91. The van der Waals surface area contributed by atoms with Crippen molar-refractivity contribution in [1.29, 1.82) is 0 Å². The van der Waals surface area contributed by atoms with Gasteiger partial charge in [-0.15, -0.1) is 10.2 Å². The van der Waals surface area contributed by atoms with Crippen LogP contribution in [0.15, 0.2) is 16.5 Å². The molecule has 2 aromatic heterocycles. The van der Waals surface area contributed by atoms with Gasteiger partial charge in [0.1, 0.15) is 10.6 Å². The normalized spacial score (nSPS) is 11.4. The molecule has 2 heterocycles. The number of benzene rings is 1. The monoisotopic (exact) mass is 329 g/mol. The summed E-state index contributed by atoms with van der Waals surface area (Å²) < 4.78 is 5.77. The number of nitrogens with zero attached hydrogens (tertiary/aromatic N) is 2. The molecule has 6 heteroatoms. The fourth-order valence-corrected chi connectivity index (χ4v) is 3.11. The Morgan fingerprint density at radius 1 is 1.17 bits per heavy atom. The summed E-state index contributed by atoms with van der Waals surface area (Å²) in [7, 11) is 0. The highest BCUT2D eigenvalue weighted by Crippen LogP contribution is 2.29. The van der Waals surface area contributed by atoms with E-state index in [1.807, 2.05) is 33.8 Å². The molecule has 0 atom stereocenters. The van der Waals surface area contributed by atoms with E-state index in [9.17, 15) is 4.79 Å². The SMILES string of the molecule is Cc1cc2oc(C(=O)Nc3nnc(C(C)C)s3)c(C)c2cc1C. The van der Waals surface area contributed by atoms with E-state index in [1.54, 1.807) is 0 Å². The largest absolute Gasteiger partial charge is 0.451 e. The van der Waals surface area contributed by atoms with Gasteiger partial charge in [-0.1, -0.05) is 25.2 Å². The lowest BCUT2D eigenvalue weighted by Crippen LogP contribution is -2.11. The van der Waals surface area contributed by atoms with Gasteiger partial charge in [-0.2, -0.15) is 0 Å². The molecule has 1 aromatic carbocycles. The van der Waals surface area contributed by atoms with E-state index in [1.165, 1.54) is 16.9 Å². The highest BCUT2D eigenvalue weighted by molar-refractivity contribution is 7.15. The molecule has 0 saturated heterocycles. The summed E-state index contributed by atoms with van der Waals surface area (Å²) in [6, 6.07) is 4.03. The van der Waals surface area contributed by atoms with Gasteiger partial charge in [-0.05, 0) is 44.0 Å². The van der Waals surface area contributed by atoms with Crippen LogP contribution in [0.25, 0.3) is 11.0 Å². The van der Waals surface area contributed by atoms with E-state index in [0.29, 0.717) is 10.9 Å². The van der Waals surface area contributed by atoms with Crippen molar-refractivity contribution in [1.82, 2.24) is 10.2 Å². The Bertz CT molecular complexity index is 893. The molecule has 23 heavy (non-hydrogen) atoms. The number of nitrogens with one attached hydrogen (secondary N) is 1. The zero-order valence-electron chi connectivity index (χ0n) is 13.9. The maximum absolute atomic E-state index is 12.5. The number of rotatable bonds is 3. The first kappa shape index (κ1) is 15.7. The van der Waals surface area contributed by atoms with Crippen LogP contribution in [0.2, 0.25) is 0 Å². The van der Waals surface area contributed by atoms with Crippen molar-refractivity contribution in [3.05, 3.63) is 39.6 Å². The van der Waals surface area contributed by atoms with Crippen LogP contribution in [0, 0.1) is 20.8 Å². The summed E-state index contributed by atoms with van der Waals surface area (Å²) >= 11 is 1.39. The number of fused-ring (bicyclic) bond motifs is 1. The summed E-state index contributed by atoms with van der Waals surface area (Å²) in [5.41, 5.74) is 3.90. The van der Waals surface area contributed by atoms with Crippen LogP contribution >= 0.6 is 11.3 Å². The van der Waals surface area contributed by atoms with Gasteiger partial charge in [0.2, 0.25) is 5.13 Å². The number of furan rings is 1. The molecular weight excluding hydrogens is 310 g/mol. The number of carbonyl (C=O) groups excluding carboxylic acids is 1. The second kappa shape index (κ2) is 5.77. The van der Waals surface area contributed by atoms with Crippen molar-refractivity contribution in [2.24, 2.45) is 0 Å². The van der Waals surface area contributed by atoms with Gasteiger partial charge in [-0.25, -0.2) is 0 Å². The van der Waals surface area contributed by atoms with E-state index in [0.717, 1.165) is 27.1 Å². The van der Waals surface area contributed by atoms with Crippen LogP contribution in [-0.2, 0) is 0 Å². The number of hydrogen-bond donors (Lipinski definition) is 1. The molecule has 3 aromatic rings. The van der Waals surface area contributed by atoms with Gasteiger partial charge < -0.3 is 4.42 Å². The Morgan fingerprint density at radius 3 is 2.52 bits per heavy atom. The molecule has 0 spiro atoms. The highest BCUT2D eigenvalue weighted by Gasteiger charge is 2.20. The summed E-state index contributed by atoms with van der Waals surface area (Å²) in [5, 5.41) is 13.2. The molecule has 1 N–H and O–H groups in total. The van der Waals surface area contributed by atoms with Crippen LogP contribution in [0.5, 0.6) is 0 Å². The average molecular weight is 329 g/mol. The first-order valence-corrected chi connectivity index (χ1v) is 8.33. The van der Waals surface area contributed by atoms with E-state index >= 15 is 0 Å². The minimum Gasteiger partial charge on any atom is -0.451 e. The van der Waals surface area contributed by atoms with Crippen molar-refractivity contribution in [2.45, 2.75) is 40.5 Å². The van der Waals surface area contributed by atoms with Gasteiger partial charge in [0, 0.05) is 16.9 Å². The third kappa shape index (κ3) is 2.86. The van der Waals surface area contributed by atoms with Gasteiger partial charge in [0.15, 0.2) is 5.76 Å². The second-order valence-corrected chi connectivity index (χ2v) is 7.05. The maximum atomic E-state index is 12.5. The van der Waals surface area contributed by atoms with Crippen molar-refractivity contribution in [3.63, 3.8) is 0 Å². The van der Waals surface area contributed by atoms with Crippen molar-refractivity contribution >= 4 is 33.3 Å². The van der Waals surface area contributed by atoms with E-state index in [-0.39, 0.29) is 11.8 Å². The number of aryl methyl sites for hydroxylation is 3. The molecule has 120 valence electrons. The predicted octanol–water partition coefficient (Wildman–Crippen LogP) is 4.59. The third-order valence-corrected chi connectivity index (χ3v) is 5.05. The van der Waals surface area contributed by atoms with Crippen molar-refractivity contribution < 1.29 is 9.21 Å². The van der Waals surface area contributed by atoms with Gasteiger partial charge >= 0.3 is 0 Å². The van der Waals surface area contributed by atoms with Crippen LogP contribution in [-0.4, -0.2) is 16.1 Å². The van der Waals surface area contributed by atoms with E-state index in [4.69, 9.17) is 4.42 Å². The Morgan fingerprint density at radius 2 is 1.87 bits per heavy atom. The topological polar surface area (TPSA) is 68.0 Å². The molecule has 3 rings (SSSR count). The number of aromatic nitrogens is 2. The fourth-order valence-electron chi connectivity index (χ4n) is 2.36. The lowest BCUT2D eigenvalue weighted by Gasteiger charge is -1.99. The molecule has 0 unspecified atom stereocenters. The highest BCUT2D eigenvalue weighted by atomic mass is 32.1. The minimum absolute atomic E-state index is 0.289. The lowest BCUT2D eigenvalue weighted by atomic mass is 10.1. The van der Waals surface area contributed by atoms with Gasteiger partial charge in [0.25, 0.3) is 5.91 Å². The average Bonchev–Trinajstić information content (AvgIpc) is 3.06. The molecule has 1 amide bonds. The standard InChI is InChI=1S/C17H19N3O2S/c1-8(2)16-19-20-17(23-16)18-15(21)14-11(5)12-6-9(3)10(4)7-13(12)22-14/h6-8H,1-5H3,(H,18,20,21). The first-order valence-electron chi connectivity index (χ1n) is 7.52. The number of carbonyl (C=O) groups is 1. The molecule has 5 nitrogen and oxygen atoms in total. The van der Waals surface area contributed by atoms with Gasteiger partial charge in [-0.3, -0.25) is 10.1 Å². The number of amides is 1. The van der Waals surface area contributed by atoms with Crippen LogP contribution in [0.3, 0.4) is 0 Å². The maximum Gasteiger partial charge on any atom is 0.293 e. The molecule has 0 fully saturated rings. The fraction of sp³-hybridized carbons (Fsp3) is 0.353. The zero-order chi connectivity index (χ0) is 16.7. The van der Waals surface area contributed by atoms with Crippen molar-refractivity contribution in [3.8, 4) is 0 Å². The van der Waals surface area contributed by atoms with E-state index in [2.05, 4.69) is 28.5 Å². The van der Waals surface area contributed by atoms with Crippen LogP contribution in [0.4, 0.5) is 5.13 Å². The van der Waals surface area contributed by atoms with Gasteiger partial charge in [0.05, 0.1) is 0 Å². The van der Waals surface area contributed by atoms with Crippen LogP contribution < -0.4 is 5.32 Å². The Hall–Kier alpha value is -2.21. The molecule has 0 bridgehead atoms. The first-order chi connectivity index (χ1) is 10.9. The molecule has 0 radical (unpaired) electrons. The van der Waals surface area contributed by atoms with E-state index < -0.39 is 0 Å². The zero-order valence-corrected chi connectivity index (χ0v) is 14.7. The molecule has 0 saturated carbocycles. The summed E-state index contributed by atoms with van der Waals surface area (Å²) in [6.07, 6.45) is 0. The van der Waals surface area contributed by atoms with Crippen LogP contribution in [0.1, 0.15) is 52.0 Å². The molecule has 0 aliphatic carbocycles. The Kier molecular flexibility index (Phi) is 3.93.